The number of hydrogen-bond donors (Lipinski definition) is 3. The van der Waals surface area contributed by atoms with Crippen LogP contribution < -0.4 is 11.1 Å². The number of aromatic amines is 1. The summed E-state index contributed by atoms with van der Waals surface area (Å²) >= 11 is 11.1. The Labute approximate surface area is 290 Å². The number of alkyl halides is 3. The second-order valence-electron chi connectivity index (χ2n) is 13.4. The highest BCUT2D eigenvalue weighted by Crippen LogP contribution is 2.41. The summed E-state index contributed by atoms with van der Waals surface area (Å²) in [4.78, 5) is 32.6. The van der Waals surface area contributed by atoms with Crippen molar-refractivity contribution in [1.82, 2.24) is 10.3 Å². The summed E-state index contributed by atoms with van der Waals surface area (Å²) in [7, 11) is 0. The van der Waals surface area contributed by atoms with Crippen molar-refractivity contribution in [2.24, 2.45) is 29.4 Å². The van der Waals surface area contributed by atoms with Crippen molar-refractivity contribution in [2.45, 2.75) is 97.2 Å². The summed E-state index contributed by atoms with van der Waals surface area (Å²) in [6, 6.07) is 10.5. The van der Waals surface area contributed by atoms with Gasteiger partial charge in [0.05, 0.1) is 16.1 Å². The van der Waals surface area contributed by atoms with E-state index >= 15 is 0 Å². The highest BCUT2D eigenvalue weighted by atomic mass is 32.1. The second kappa shape index (κ2) is 15.6. The number of aryl methyl sites for hydroxylation is 2. The molecule has 0 bridgehead atoms. The molecule has 0 fully saturated rings. The van der Waals surface area contributed by atoms with Crippen molar-refractivity contribution in [3.8, 4) is 0 Å². The highest BCUT2D eigenvalue weighted by molar-refractivity contribution is 7.80. The van der Waals surface area contributed by atoms with E-state index in [1.165, 1.54) is 12.1 Å². The van der Waals surface area contributed by atoms with E-state index in [4.69, 9.17) is 30.2 Å². The van der Waals surface area contributed by atoms with Crippen LogP contribution in [0.4, 0.5) is 17.6 Å². The molecule has 0 unspecified atom stereocenters. The standard InChI is InChI=1S/C37H45F4N3O2S2/c1-5-21(3)26(34(42)48)19-32(45)36(17-16-31-28(20-36)25-11-9-12-29(33(25)43-31)37(39,40)41)44-35(46)27(22(4)6-2)18-24(47)15-14-23-10-7-8-13-30(23)38/h7-13,21-22,26-27,43H,5-6,14-20H2,1-4H3,(H2,42,48)(H,44,46)/t21-,22-,26-,27-,36+/m0/s1. The molecule has 1 heterocycles. The van der Waals surface area contributed by atoms with Gasteiger partial charge in [-0.15, -0.1) is 0 Å². The molecule has 1 aliphatic carbocycles. The number of Topliss-reactive ketones (excluding diaryl/α,β-unsaturated/α-hetero) is 1. The molecule has 0 spiro atoms. The quantitative estimate of drug-likeness (QED) is 0.109. The maximum Gasteiger partial charge on any atom is 0.418 e. The molecule has 0 radical (unpaired) electrons. The fourth-order valence-corrected chi connectivity index (χ4v) is 7.47. The molecular weight excluding hydrogens is 659 g/mol. The molecule has 1 aromatic heterocycles. The molecule has 11 heteroatoms. The zero-order chi connectivity index (χ0) is 35.4. The van der Waals surface area contributed by atoms with Crippen LogP contribution in [0.15, 0.2) is 42.5 Å². The first-order valence-electron chi connectivity index (χ1n) is 16.7. The van der Waals surface area contributed by atoms with Gasteiger partial charge in [0, 0.05) is 35.8 Å². The number of H-pyrrole nitrogens is 1. The monoisotopic (exact) mass is 703 g/mol. The summed E-state index contributed by atoms with van der Waals surface area (Å²) in [6.07, 6.45) is -1.53. The van der Waals surface area contributed by atoms with Gasteiger partial charge in [0.15, 0.2) is 5.78 Å². The third kappa shape index (κ3) is 8.33. The molecule has 2 aromatic carbocycles. The average molecular weight is 704 g/mol. The summed E-state index contributed by atoms with van der Waals surface area (Å²) in [5.74, 6) is -1.92. The first-order valence-corrected chi connectivity index (χ1v) is 17.5. The van der Waals surface area contributed by atoms with E-state index in [9.17, 15) is 27.2 Å². The highest BCUT2D eigenvalue weighted by Gasteiger charge is 2.46. The van der Waals surface area contributed by atoms with E-state index in [-0.39, 0.29) is 72.0 Å². The fraction of sp³-hybridized carbons (Fsp3) is 0.514. The predicted molar refractivity (Wildman–Crippen MR) is 190 cm³/mol. The molecule has 1 amide bonds. The number of amides is 1. The number of carbonyl (C=O) groups is 2. The number of halogens is 4. The number of nitrogens with two attached hydrogens (primary N) is 1. The molecule has 260 valence electrons. The van der Waals surface area contributed by atoms with Gasteiger partial charge >= 0.3 is 6.18 Å². The van der Waals surface area contributed by atoms with Crippen LogP contribution in [0.2, 0.25) is 0 Å². The molecule has 0 aliphatic heterocycles. The Hall–Kier alpha value is -3.18. The molecule has 1 aliphatic rings. The smallest absolute Gasteiger partial charge is 0.393 e. The van der Waals surface area contributed by atoms with Crippen molar-refractivity contribution in [1.29, 1.82) is 0 Å². The lowest BCUT2D eigenvalue weighted by atomic mass is 9.72. The van der Waals surface area contributed by atoms with Gasteiger partial charge in [-0.3, -0.25) is 9.59 Å². The van der Waals surface area contributed by atoms with Crippen LogP contribution >= 0.6 is 24.4 Å². The summed E-state index contributed by atoms with van der Waals surface area (Å²) < 4.78 is 56.1. The van der Waals surface area contributed by atoms with Crippen LogP contribution in [0.25, 0.3) is 10.9 Å². The Morgan fingerprint density at radius 3 is 2.29 bits per heavy atom. The number of hydrogen-bond acceptors (Lipinski definition) is 4. The van der Waals surface area contributed by atoms with E-state index in [0.29, 0.717) is 46.3 Å². The first kappa shape index (κ1) is 37.6. The number of benzene rings is 2. The lowest BCUT2D eigenvalue weighted by Crippen LogP contribution is -2.60. The Morgan fingerprint density at radius 1 is 1.00 bits per heavy atom. The number of ketones is 1. The molecule has 48 heavy (non-hydrogen) atoms. The number of aromatic nitrogens is 1. The van der Waals surface area contributed by atoms with E-state index in [0.717, 1.165) is 12.5 Å². The van der Waals surface area contributed by atoms with Gasteiger partial charge in [0.1, 0.15) is 11.4 Å². The van der Waals surface area contributed by atoms with Crippen molar-refractivity contribution in [2.75, 3.05) is 0 Å². The molecule has 4 N–H and O–H groups in total. The van der Waals surface area contributed by atoms with Crippen molar-refractivity contribution >= 4 is 56.9 Å². The van der Waals surface area contributed by atoms with Gasteiger partial charge in [-0.2, -0.15) is 13.2 Å². The topological polar surface area (TPSA) is 88.0 Å². The Morgan fingerprint density at radius 2 is 1.67 bits per heavy atom. The zero-order valence-electron chi connectivity index (χ0n) is 27.9. The van der Waals surface area contributed by atoms with E-state index in [1.54, 1.807) is 24.3 Å². The summed E-state index contributed by atoms with van der Waals surface area (Å²) in [5, 5.41) is 3.53. The number of para-hydroxylation sites is 1. The molecule has 5 nitrogen and oxygen atoms in total. The van der Waals surface area contributed by atoms with Crippen LogP contribution in [0.5, 0.6) is 0 Å². The van der Waals surface area contributed by atoms with Crippen molar-refractivity contribution in [3.63, 3.8) is 0 Å². The molecule has 0 saturated heterocycles. The van der Waals surface area contributed by atoms with Gasteiger partial charge < -0.3 is 16.0 Å². The normalized spacial score (nSPS) is 18.8. The molecule has 5 atom stereocenters. The largest absolute Gasteiger partial charge is 0.418 e. The number of rotatable bonds is 15. The first-order chi connectivity index (χ1) is 22.6. The summed E-state index contributed by atoms with van der Waals surface area (Å²) in [5.41, 5.74) is 5.69. The zero-order valence-corrected chi connectivity index (χ0v) is 29.6. The van der Waals surface area contributed by atoms with E-state index in [1.807, 2.05) is 27.7 Å². The van der Waals surface area contributed by atoms with Gasteiger partial charge in [-0.05, 0) is 72.1 Å². The second-order valence-corrected chi connectivity index (χ2v) is 14.5. The predicted octanol–water partition coefficient (Wildman–Crippen LogP) is 8.63. The van der Waals surface area contributed by atoms with Gasteiger partial charge in [0.25, 0.3) is 0 Å². The Kier molecular flexibility index (Phi) is 12.2. The number of carbonyl (C=O) groups excluding carboxylic acids is 2. The Bertz CT molecular complexity index is 1670. The van der Waals surface area contributed by atoms with Crippen LogP contribution in [0.3, 0.4) is 0 Å². The van der Waals surface area contributed by atoms with Crippen LogP contribution in [0.1, 0.15) is 88.6 Å². The van der Waals surface area contributed by atoms with Gasteiger partial charge in [0.2, 0.25) is 5.91 Å². The van der Waals surface area contributed by atoms with Crippen LogP contribution in [0, 0.1) is 29.5 Å². The number of nitrogens with one attached hydrogen (secondary N) is 2. The lowest BCUT2D eigenvalue weighted by Gasteiger charge is -2.39. The fourth-order valence-electron chi connectivity index (χ4n) is 6.87. The SMILES string of the molecule is CC[C@H](C)[C@H](CC(=S)CCc1ccccc1F)C(=O)N[C@]1(C(=O)C[C@H](C(N)=S)[C@@H](C)CC)CCc2[nH]c3c(C(F)(F)F)cccc3c2C1. The van der Waals surface area contributed by atoms with Gasteiger partial charge in [-0.1, -0.05) is 95.3 Å². The third-order valence-corrected chi connectivity index (χ3v) is 11.0. The average Bonchev–Trinajstić information content (AvgIpc) is 3.41. The molecule has 4 rings (SSSR count). The maximum absolute atomic E-state index is 14.5. The molecular formula is C37H45F4N3O2S2. The minimum Gasteiger partial charge on any atom is -0.393 e. The third-order valence-electron chi connectivity index (χ3n) is 10.4. The number of fused-ring (bicyclic) bond motifs is 3. The summed E-state index contributed by atoms with van der Waals surface area (Å²) in [6.45, 7) is 7.90. The number of thiocarbonyl (C=S) groups is 2. The van der Waals surface area contributed by atoms with E-state index < -0.39 is 29.1 Å². The van der Waals surface area contributed by atoms with E-state index in [2.05, 4.69) is 10.3 Å². The van der Waals surface area contributed by atoms with Gasteiger partial charge in [-0.25, -0.2) is 4.39 Å². The van der Waals surface area contributed by atoms with Crippen LogP contribution in [-0.2, 0) is 35.0 Å². The van der Waals surface area contributed by atoms with Crippen molar-refractivity contribution < 1.29 is 27.2 Å². The van der Waals surface area contributed by atoms with Crippen molar-refractivity contribution in [3.05, 3.63) is 70.7 Å². The maximum atomic E-state index is 14.5. The van der Waals surface area contributed by atoms with Crippen LogP contribution in [-0.4, -0.2) is 32.1 Å². The lowest BCUT2D eigenvalue weighted by molar-refractivity contribution is -0.136. The minimum absolute atomic E-state index is 0.00512. The molecule has 3 aromatic rings. The molecule has 0 saturated carbocycles. The Balaban J connectivity index is 1.69. The minimum atomic E-state index is -4.57.